The van der Waals surface area contributed by atoms with Crippen molar-refractivity contribution in [3.63, 3.8) is 0 Å². The quantitative estimate of drug-likeness (QED) is 0.346. The summed E-state index contributed by atoms with van der Waals surface area (Å²) >= 11 is 3.47. The third kappa shape index (κ3) is 6.94. The van der Waals surface area contributed by atoms with E-state index in [4.69, 9.17) is 4.74 Å². The SMILES string of the molecule is CC(C)c1cc(Br)ccc1OCC(=O)Nc1ccc(NC(=O)c2ccc(C(C)(C)C)cc2)cc1. The lowest BCUT2D eigenvalue weighted by atomic mass is 9.87. The van der Waals surface area contributed by atoms with Gasteiger partial charge in [-0.05, 0) is 77.1 Å². The summed E-state index contributed by atoms with van der Waals surface area (Å²) in [4.78, 5) is 24.9. The molecule has 0 aliphatic heterocycles. The second-order valence-corrected chi connectivity index (χ2v) is 10.4. The standard InChI is InChI=1S/C28H31BrN2O3/c1-18(2)24-16-21(29)10-15-25(24)34-17-26(32)30-22-11-13-23(14-12-22)31-27(33)19-6-8-20(9-7-19)28(3,4)5/h6-16,18H,17H2,1-5H3,(H,30,32)(H,31,33). The molecule has 5 nitrogen and oxygen atoms in total. The van der Waals surface area contributed by atoms with E-state index in [0.717, 1.165) is 10.0 Å². The number of hydrogen-bond donors (Lipinski definition) is 2. The molecule has 0 saturated heterocycles. The number of ether oxygens (including phenoxy) is 1. The second kappa shape index (κ2) is 10.9. The number of carbonyl (C=O) groups is 2. The molecule has 0 fully saturated rings. The lowest BCUT2D eigenvalue weighted by molar-refractivity contribution is -0.118. The third-order valence-electron chi connectivity index (χ3n) is 5.39. The van der Waals surface area contributed by atoms with Crippen molar-refractivity contribution in [3.05, 3.63) is 87.9 Å². The predicted octanol–water partition coefficient (Wildman–Crippen LogP) is 7.14. The second-order valence-electron chi connectivity index (χ2n) is 9.53. The average molecular weight is 523 g/mol. The number of rotatable bonds is 7. The minimum absolute atomic E-state index is 0.0370. The monoisotopic (exact) mass is 522 g/mol. The van der Waals surface area contributed by atoms with Gasteiger partial charge >= 0.3 is 0 Å². The highest BCUT2D eigenvalue weighted by Crippen LogP contribution is 2.29. The normalized spacial score (nSPS) is 11.3. The Balaban J connectivity index is 1.54. The van der Waals surface area contributed by atoms with Crippen molar-refractivity contribution >= 4 is 39.1 Å². The molecule has 0 aromatic heterocycles. The van der Waals surface area contributed by atoms with Gasteiger partial charge in [0.1, 0.15) is 5.75 Å². The maximum absolute atomic E-state index is 12.6. The van der Waals surface area contributed by atoms with E-state index >= 15 is 0 Å². The summed E-state index contributed by atoms with van der Waals surface area (Å²) in [6.45, 7) is 10.5. The van der Waals surface area contributed by atoms with Crippen LogP contribution in [-0.2, 0) is 10.2 Å². The summed E-state index contributed by atoms with van der Waals surface area (Å²) in [6, 6.07) is 20.4. The van der Waals surface area contributed by atoms with E-state index in [0.29, 0.717) is 22.7 Å². The van der Waals surface area contributed by atoms with Gasteiger partial charge in [-0.3, -0.25) is 9.59 Å². The van der Waals surface area contributed by atoms with Crippen molar-refractivity contribution in [1.82, 2.24) is 0 Å². The lowest BCUT2D eigenvalue weighted by Gasteiger charge is -2.19. The molecular formula is C28H31BrN2O3. The van der Waals surface area contributed by atoms with Crippen LogP contribution in [0.25, 0.3) is 0 Å². The van der Waals surface area contributed by atoms with Gasteiger partial charge in [0.05, 0.1) is 0 Å². The fourth-order valence-electron chi connectivity index (χ4n) is 3.40. The largest absolute Gasteiger partial charge is 0.483 e. The summed E-state index contributed by atoms with van der Waals surface area (Å²) in [5.41, 5.74) is 4.12. The zero-order valence-electron chi connectivity index (χ0n) is 20.2. The fraction of sp³-hybridized carbons (Fsp3) is 0.286. The highest BCUT2D eigenvalue weighted by atomic mass is 79.9. The van der Waals surface area contributed by atoms with Gasteiger partial charge in [-0.15, -0.1) is 0 Å². The van der Waals surface area contributed by atoms with E-state index in [1.54, 1.807) is 24.3 Å². The topological polar surface area (TPSA) is 67.4 Å². The molecule has 0 bridgehead atoms. The Morgan fingerprint density at radius 2 is 1.47 bits per heavy atom. The first kappa shape index (κ1) is 25.5. The number of hydrogen-bond acceptors (Lipinski definition) is 3. The molecule has 0 radical (unpaired) electrons. The van der Waals surface area contributed by atoms with Crippen molar-refractivity contribution < 1.29 is 14.3 Å². The number of benzene rings is 3. The molecule has 0 spiro atoms. The molecule has 3 rings (SSSR count). The van der Waals surface area contributed by atoms with Crippen LogP contribution in [0.5, 0.6) is 5.75 Å². The average Bonchev–Trinajstić information content (AvgIpc) is 2.79. The molecule has 0 heterocycles. The van der Waals surface area contributed by atoms with Crippen molar-refractivity contribution in [2.45, 2.75) is 46.0 Å². The zero-order chi connectivity index (χ0) is 24.9. The van der Waals surface area contributed by atoms with E-state index in [-0.39, 0.29) is 29.8 Å². The summed E-state index contributed by atoms with van der Waals surface area (Å²) in [5.74, 6) is 0.533. The fourth-order valence-corrected chi connectivity index (χ4v) is 3.78. The Kier molecular flexibility index (Phi) is 8.15. The van der Waals surface area contributed by atoms with E-state index in [9.17, 15) is 9.59 Å². The third-order valence-corrected chi connectivity index (χ3v) is 5.89. The number of nitrogens with one attached hydrogen (secondary N) is 2. The van der Waals surface area contributed by atoms with Crippen molar-refractivity contribution in [2.75, 3.05) is 17.2 Å². The molecule has 0 unspecified atom stereocenters. The summed E-state index contributed by atoms with van der Waals surface area (Å²) < 4.78 is 6.73. The van der Waals surface area contributed by atoms with Crippen LogP contribution in [0.15, 0.2) is 71.2 Å². The number of halogens is 1. The first-order chi connectivity index (χ1) is 16.0. The van der Waals surface area contributed by atoms with Crippen molar-refractivity contribution in [1.29, 1.82) is 0 Å². The highest BCUT2D eigenvalue weighted by molar-refractivity contribution is 9.10. The number of carbonyl (C=O) groups excluding carboxylic acids is 2. The Hall–Kier alpha value is -3.12. The molecule has 0 aliphatic rings. The molecule has 34 heavy (non-hydrogen) atoms. The molecule has 3 aromatic carbocycles. The number of anilines is 2. The van der Waals surface area contributed by atoms with E-state index in [1.165, 1.54) is 5.56 Å². The first-order valence-electron chi connectivity index (χ1n) is 11.3. The van der Waals surface area contributed by atoms with Gasteiger partial charge in [0, 0.05) is 21.4 Å². The molecular weight excluding hydrogens is 492 g/mol. The van der Waals surface area contributed by atoms with E-state index < -0.39 is 0 Å². The van der Waals surface area contributed by atoms with Gasteiger partial charge in [-0.1, -0.05) is 62.7 Å². The van der Waals surface area contributed by atoms with Gasteiger partial charge in [0.2, 0.25) is 0 Å². The number of amides is 2. The molecule has 2 amide bonds. The minimum atomic E-state index is -0.256. The predicted molar refractivity (Wildman–Crippen MR) is 142 cm³/mol. The Morgan fingerprint density at radius 3 is 2.03 bits per heavy atom. The van der Waals surface area contributed by atoms with Crippen LogP contribution in [-0.4, -0.2) is 18.4 Å². The molecule has 0 aliphatic carbocycles. The van der Waals surface area contributed by atoms with Gasteiger partial charge in [-0.25, -0.2) is 0 Å². The first-order valence-corrected chi connectivity index (χ1v) is 12.1. The lowest BCUT2D eigenvalue weighted by Crippen LogP contribution is -2.20. The van der Waals surface area contributed by atoms with Crippen LogP contribution in [0, 0.1) is 0 Å². The summed E-state index contributed by atoms with van der Waals surface area (Å²) in [5, 5.41) is 5.70. The van der Waals surface area contributed by atoms with Gasteiger partial charge in [-0.2, -0.15) is 0 Å². The van der Waals surface area contributed by atoms with Crippen LogP contribution in [0.2, 0.25) is 0 Å². The smallest absolute Gasteiger partial charge is 0.262 e. The molecule has 0 saturated carbocycles. The Morgan fingerprint density at radius 1 is 0.882 bits per heavy atom. The van der Waals surface area contributed by atoms with Gasteiger partial charge in [0.15, 0.2) is 6.61 Å². The van der Waals surface area contributed by atoms with E-state index in [2.05, 4.69) is 61.2 Å². The van der Waals surface area contributed by atoms with Crippen LogP contribution in [0.3, 0.4) is 0 Å². The van der Waals surface area contributed by atoms with Crippen LogP contribution in [0.1, 0.15) is 62.0 Å². The molecule has 2 N–H and O–H groups in total. The Bertz CT molecular complexity index is 1150. The van der Waals surface area contributed by atoms with Gasteiger partial charge in [0.25, 0.3) is 11.8 Å². The summed E-state index contributed by atoms with van der Waals surface area (Å²) in [7, 11) is 0. The molecule has 0 atom stereocenters. The van der Waals surface area contributed by atoms with Crippen molar-refractivity contribution in [3.8, 4) is 5.75 Å². The van der Waals surface area contributed by atoms with Crippen LogP contribution < -0.4 is 15.4 Å². The summed E-state index contributed by atoms with van der Waals surface area (Å²) in [6.07, 6.45) is 0. The zero-order valence-corrected chi connectivity index (χ0v) is 21.8. The minimum Gasteiger partial charge on any atom is -0.483 e. The van der Waals surface area contributed by atoms with Crippen LogP contribution >= 0.6 is 15.9 Å². The molecule has 6 heteroatoms. The maximum atomic E-state index is 12.6. The van der Waals surface area contributed by atoms with Gasteiger partial charge < -0.3 is 15.4 Å². The maximum Gasteiger partial charge on any atom is 0.262 e. The van der Waals surface area contributed by atoms with Crippen molar-refractivity contribution in [2.24, 2.45) is 0 Å². The molecule has 3 aromatic rings. The van der Waals surface area contributed by atoms with Crippen LogP contribution in [0.4, 0.5) is 11.4 Å². The highest BCUT2D eigenvalue weighted by Gasteiger charge is 2.15. The Labute approximate surface area is 210 Å². The van der Waals surface area contributed by atoms with E-state index in [1.807, 2.05) is 42.5 Å². The molecule has 178 valence electrons.